The lowest BCUT2D eigenvalue weighted by atomic mass is 10.0. The number of phenols is 1. The molecular formula is C25H30ClF3N2O3. The predicted molar refractivity (Wildman–Crippen MR) is 126 cm³/mol. The topological polar surface area (TPSA) is 61.8 Å². The fourth-order valence-electron chi connectivity index (χ4n) is 4.10. The van der Waals surface area contributed by atoms with Gasteiger partial charge in [-0.3, -0.25) is 9.69 Å². The number of carbonyl (C=O) groups excluding carboxylic acids is 1. The van der Waals surface area contributed by atoms with E-state index in [1.165, 1.54) is 18.2 Å². The first-order chi connectivity index (χ1) is 16.2. The third-order valence-electron chi connectivity index (χ3n) is 5.98. The van der Waals surface area contributed by atoms with E-state index in [1.54, 1.807) is 13.0 Å². The minimum absolute atomic E-state index is 0.0266. The number of hydrogen-bond donors (Lipinski definition) is 2. The van der Waals surface area contributed by atoms with Gasteiger partial charge in [-0.05, 0) is 62.9 Å². The fourth-order valence-corrected chi connectivity index (χ4v) is 4.34. The van der Waals surface area contributed by atoms with Crippen molar-refractivity contribution in [3.63, 3.8) is 0 Å². The summed E-state index contributed by atoms with van der Waals surface area (Å²) in [5, 5.41) is 13.7. The molecule has 1 aromatic carbocycles. The van der Waals surface area contributed by atoms with Gasteiger partial charge in [-0.15, -0.1) is 0 Å². The molecule has 2 N–H and O–H groups in total. The van der Waals surface area contributed by atoms with Crippen LogP contribution in [0.5, 0.6) is 5.75 Å². The van der Waals surface area contributed by atoms with Gasteiger partial charge in [-0.2, -0.15) is 13.2 Å². The minimum atomic E-state index is -4.47. The number of amides is 1. The molecule has 1 aromatic rings. The third kappa shape index (κ3) is 7.10. The molecule has 186 valence electrons. The highest BCUT2D eigenvalue weighted by Crippen LogP contribution is 2.34. The van der Waals surface area contributed by atoms with Gasteiger partial charge in [0.15, 0.2) is 0 Å². The molecule has 3 rings (SSSR count). The number of phenolic OH excluding ortho intramolecular Hbond substituents is 1. The molecule has 1 aliphatic heterocycles. The summed E-state index contributed by atoms with van der Waals surface area (Å²) in [5.74, 6) is -0.831. The minimum Gasteiger partial charge on any atom is -0.507 e. The molecule has 5 nitrogen and oxygen atoms in total. The zero-order chi connectivity index (χ0) is 24.7. The normalized spacial score (nSPS) is 18.6. The standard InChI is InChI=1S/C25H30ClF3N2O3/c1-2-17-6-7-20(8-9-22(17)25(27,28)29)30-24(33)21-15-19(26)14-18(23(21)32)16-31-10-4-3-5-12-34-13-11-31/h7-9,14-15,32H,2-6,10-13,16H2,1H3,(H,30,33). The van der Waals surface area contributed by atoms with E-state index < -0.39 is 17.7 Å². The Morgan fingerprint density at radius 3 is 2.71 bits per heavy atom. The summed E-state index contributed by atoms with van der Waals surface area (Å²) in [6.07, 6.45) is 2.68. The Labute approximate surface area is 202 Å². The average molecular weight is 499 g/mol. The number of benzene rings is 1. The molecule has 0 bridgehead atoms. The Balaban J connectivity index is 1.76. The zero-order valence-corrected chi connectivity index (χ0v) is 19.9. The maximum absolute atomic E-state index is 13.3. The quantitative estimate of drug-likeness (QED) is 0.531. The van der Waals surface area contributed by atoms with Crippen LogP contribution in [0.4, 0.5) is 13.2 Å². The Hall–Kier alpha value is -2.29. The lowest BCUT2D eigenvalue weighted by Gasteiger charge is -2.22. The van der Waals surface area contributed by atoms with Crippen molar-refractivity contribution in [3.8, 4) is 5.75 Å². The molecule has 2 aliphatic rings. The molecule has 1 aliphatic carbocycles. The van der Waals surface area contributed by atoms with Crippen molar-refractivity contribution in [2.45, 2.75) is 51.7 Å². The van der Waals surface area contributed by atoms with Crippen molar-refractivity contribution in [1.82, 2.24) is 10.2 Å². The SMILES string of the molecule is CCC1=C(C(F)(F)F)C=CC(NC(=O)c2cc(Cl)cc(CN3CCCCCOCC3)c2O)=CC1. The Morgan fingerprint density at radius 2 is 1.97 bits per heavy atom. The Morgan fingerprint density at radius 1 is 1.18 bits per heavy atom. The van der Waals surface area contributed by atoms with E-state index in [2.05, 4.69) is 10.2 Å². The largest absolute Gasteiger partial charge is 0.507 e. The van der Waals surface area contributed by atoms with Gasteiger partial charge in [0, 0.05) is 36.0 Å². The van der Waals surface area contributed by atoms with E-state index in [-0.39, 0.29) is 40.4 Å². The van der Waals surface area contributed by atoms with E-state index in [0.717, 1.165) is 38.5 Å². The Kier molecular flexibility index (Phi) is 9.22. The number of halogens is 4. The predicted octanol–water partition coefficient (Wildman–Crippen LogP) is 5.89. The lowest BCUT2D eigenvalue weighted by Crippen LogP contribution is -2.28. The molecule has 1 heterocycles. The highest BCUT2D eigenvalue weighted by molar-refractivity contribution is 6.31. The molecule has 9 heteroatoms. The molecule has 0 atom stereocenters. The van der Waals surface area contributed by atoms with Gasteiger partial charge in [0.1, 0.15) is 5.75 Å². The van der Waals surface area contributed by atoms with Crippen molar-refractivity contribution in [1.29, 1.82) is 0 Å². The average Bonchev–Trinajstić information content (AvgIpc) is 2.89. The summed E-state index contributed by atoms with van der Waals surface area (Å²) in [4.78, 5) is 15.1. The summed E-state index contributed by atoms with van der Waals surface area (Å²) in [7, 11) is 0. The van der Waals surface area contributed by atoms with Crippen LogP contribution < -0.4 is 5.32 Å². The fraction of sp³-hybridized carbons (Fsp3) is 0.480. The van der Waals surface area contributed by atoms with Crippen molar-refractivity contribution in [2.24, 2.45) is 0 Å². The van der Waals surface area contributed by atoms with Crippen molar-refractivity contribution in [3.05, 3.63) is 63.4 Å². The number of ether oxygens (including phenoxy) is 1. The highest BCUT2D eigenvalue weighted by Gasteiger charge is 2.34. The van der Waals surface area contributed by atoms with Gasteiger partial charge in [-0.1, -0.05) is 30.2 Å². The van der Waals surface area contributed by atoms with Gasteiger partial charge in [0.25, 0.3) is 5.91 Å². The second kappa shape index (κ2) is 11.9. The Bertz CT molecular complexity index is 976. The molecule has 0 spiro atoms. The number of allylic oxidation sites excluding steroid dienone is 5. The van der Waals surface area contributed by atoms with E-state index in [1.807, 2.05) is 0 Å². The summed E-state index contributed by atoms with van der Waals surface area (Å²) < 4.78 is 45.6. The number of carbonyl (C=O) groups is 1. The zero-order valence-electron chi connectivity index (χ0n) is 19.2. The van der Waals surface area contributed by atoms with Crippen molar-refractivity contribution in [2.75, 3.05) is 26.3 Å². The van der Waals surface area contributed by atoms with Crippen molar-refractivity contribution < 1.29 is 27.8 Å². The van der Waals surface area contributed by atoms with Crippen molar-refractivity contribution >= 4 is 17.5 Å². The summed E-state index contributed by atoms with van der Waals surface area (Å²) in [6.45, 7) is 4.92. The maximum atomic E-state index is 13.3. The molecule has 0 unspecified atom stereocenters. The summed E-state index contributed by atoms with van der Waals surface area (Å²) >= 11 is 6.25. The first kappa shape index (κ1) is 26.3. The van der Waals surface area contributed by atoms with Crippen LogP contribution in [0, 0.1) is 0 Å². The van der Waals surface area contributed by atoms with E-state index in [4.69, 9.17) is 16.3 Å². The molecule has 1 amide bonds. The van der Waals surface area contributed by atoms with E-state index >= 15 is 0 Å². The van der Waals surface area contributed by atoms with Crippen LogP contribution in [-0.4, -0.2) is 48.4 Å². The number of nitrogens with zero attached hydrogens (tertiary/aromatic N) is 1. The lowest BCUT2D eigenvalue weighted by molar-refractivity contribution is -0.0891. The molecule has 1 fully saturated rings. The van der Waals surface area contributed by atoms with E-state index in [0.29, 0.717) is 25.3 Å². The third-order valence-corrected chi connectivity index (χ3v) is 6.19. The molecule has 0 radical (unpaired) electrons. The number of aromatic hydroxyl groups is 1. The van der Waals surface area contributed by atoms with Crippen LogP contribution in [0.1, 0.15) is 54.9 Å². The number of hydrogen-bond acceptors (Lipinski definition) is 4. The van der Waals surface area contributed by atoms with E-state index in [9.17, 15) is 23.1 Å². The van der Waals surface area contributed by atoms with Gasteiger partial charge < -0.3 is 15.2 Å². The summed E-state index contributed by atoms with van der Waals surface area (Å²) in [6, 6.07) is 2.98. The maximum Gasteiger partial charge on any atom is 0.416 e. The molecule has 1 saturated heterocycles. The van der Waals surface area contributed by atoms with Gasteiger partial charge in [0.05, 0.1) is 17.7 Å². The number of rotatable bonds is 5. The van der Waals surface area contributed by atoms with Crippen LogP contribution in [0.25, 0.3) is 0 Å². The van der Waals surface area contributed by atoms with Crippen LogP contribution in [0.15, 0.2) is 47.2 Å². The second-order valence-electron chi connectivity index (χ2n) is 8.43. The van der Waals surface area contributed by atoms with Gasteiger partial charge in [0.2, 0.25) is 0 Å². The van der Waals surface area contributed by atoms with Gasteiger partial charge >= 0.3 is 6.18 Å². The molecular weight excluding hydrogens is 469 g/mol. The molecule has 0 aromatic heterocycles. The first-order valence-corrected chi connectivity index (χ1v) is 11.9. The molecule has 34 heavy (non-hydrogen) atoms. The first-order valence-electron chi connectivity index (χ1n) is 11.5. The van der Waals surface area contributed by atoms with Crippen LogP contribution >= 0.6 is 11.6 Å². The summed E-state index contributed by atoms with van der Waals surface area (Å²) in [5.41, 5.74) is 0.261. The van der Waals surface area contributed by atoms with Crippen LogP contribution in [-0.2, 0) is 11.3 Å². The van der Waals surface area contributed by atoms with Gasteiger partial charge in [-0.25, -0.2) is 0 Å². The number of alkyl halides is 3. The monoisotopic (exact) mass is 498 g/mol. The smallest absolute Gasteiger partial charge is 0.416 e. The second-order valence-corrected chi connectivity index (χ2v) is 8.87. The number of nitrogens with one attached hydrogen (secondary N) is 1. The highest BCUT2D eigenvalue weighted by atomic mass is 35.5. The van der Waals surface area contributed by atoms with Crippen LogP contribution in [0.2, 0.25) is 5.02 Å². The van der Waals surface area contributed by atoms with Crippen LogP contribution in [0.3, 0.4) is 0 Å². The molecule has 0 saturated carbocycles.